The molecule has 0 aromatic carbocycles. The van der Waals surface area contributed by atoms with Gasteiger partial charge in [0.25, 0.3) is 0 Å². The topological polar surface area (TPSA) is 34.1 Å². The number of hydrogen-bond acceptors (Lipinski definition) is 4. The Bertz CT molecular complexity index is 273. The molecule has 1 N–H and O–H groups in total. The maximum Gasteiger partial charge on any atom is 0.107 e. The minimum Gasteiger partial charge on any atom is -0.380 e. The number of aryl methyl sites for hydroxylation is 1. The van der Waals surface area contributed by atoms with Crippen LogP contribution in [-0.4, -0.2) is 24.7 Å². The van der Waals surface area contributed by atoms with Crippen molar-refractivity contribution in [2.45, 2.75) is 27.3 Å². The second-order valence-electron chi connectivity index (χ2n) is 4.03. The summed E-state index contributed by atoms with van der Waals surface area (Å²) in [5.41, 5.74) is 1.10. The molecular weight excluding hydrogens is 208 g/mol. The molecule has 0 amide bonds. The van der Waals surface area contributed by atoms with E-state index in [1.54, 1.807) is 11.3 Å². The molecule has 0 fully saturated rings. The van der Waals surface area contributed by atoms with Crippen molar-refractivity contribution < 1.29 is 4.74 Å². The summed E-state index contributed by atoms with van der Waals surface area (Å²) in [6, 6.07) is 0. The Labute approximate surface area is 95.9 Å². The fourth-order valence-electron chi connectivity index (χ4n) is 1.14. The minimum absolute atomic E-state index is 0.617. The summed E-state index contributed by atoms with van der Waals surface area (Å²) in [6.45, 7) is 9.71. The monoisotopic (exact) mass is 228 g/mol. The van der Waals surface area contributed by atoms with E-state index < -0.39 is 0 Å². The highest BCUT2D eigenvalue weighted by Crippen LogP contribution is 2.07. The summed E-state index contributed by atoms with van der Waals surface area (Å²) in [7, 11) is 0. The van der Waals surface area contributed by atoms with Gasteiger partial charge in [-0.2, -0.15) is 0 Å². The highest BCUT2D eigenvalue weighted by atomic mass is 32.1. The SMILES string of the molecule is Cc1csc(CNCCOCC(C)C)n1. The first-order valence-corrected chi connectivity index (χ1v) is 6.26. The predicted molar refractivity (Wildman–Crippen MR) is 64.2 cm³/mol. The predicted octanol–water partition coefficient (Wildman–Crippen LogP) is 2.21. The molecule has 0 aliphatic carbocycles. The second-order valence-corrected chi connectivity index (χ2v) is 4.97. The maximum absolute atomic E-state index is 5.46. The summed E-state index contributed by atoms with van der Waals surface area (Å²) in [4.78, 5) is 4.37. The Morgan fingerprint density at radius 3 is 2.93 bits per heavy atom. The zero-order chi connectivity index (χ0) is 11.1. The van der Waals surface area contributed by atoms with Gasteiger partial charge in [-0.1, -0.05) is 13.8 Å². The molecule has 0 bridgehead atoms. The van der Waals surface area contributed by atoms with Gasteiger partial charge in [0.2, 0.25) is 0 Å². The zero-order valence-electron chi connectivity index (χ0n) is 9.75. The number of ether oxygens (including phenoxy) is 1. The molecule has 1 aromatic heterocycles. The molecule has 0 spiro atoms. The van der Waals surface area contributed by atoms with Crippen molar-refractivity contribution in [3.63, 3.8) is 0 Å². The molecule has 0 radical (unpaired) electrons. The molecule has 0 aliphatic heterocycles. The first kappa shape index (κ1) is 12.6. The molecule has 1 rings (SSSR count). The van der Waals surface area contributed by atoms with Gasteiger partial charge in [0, 0.05) is 30.8 Å². The van der Waals surface area contributed by atoms with Crippen molar-refractivity contribution in [1.82, 2.24) is 10.3 Å². The number of nitrogens with zero attached hydrogens (tertiary/aromatic N) is 1. The summed E-state index contributed by atoms with van der Waals surface area (Å²) in [5, 5.41) is 6.54. The van der Waals surface area contributed by atoms with Gasteiger partial charge in [0.05, 0.1) is 6.61 Å². The van der Waals surface area contributed by atoms with Crippen LogP contribution >= 0.6 is 11.3 Å². The number of hydrogen-bond donors (Lipinski definition) is 1. The molecule has 0 atom stereocenters. The van der Waals surface area contributed by atoms with E-state index in [4.69, 9.17) is 4.74 Å². The van der Waals surface area contributed by atoms with Crippen LogP contribution < -0.4 is 5.32 Å². The number of aromatic nitrogens is 1. The molecule has 1 heterocycles. The first-order chi connectivity index (χ1) is 7.18. The van der Waals surface area contributed by atoms with Gasteiger partial charge in [-0.25, -0.2) is 4.98 Å². The minimum atomic E-state index is 0.617. The third-order valence-electron chi connectivity index (χ3n) is 1.82. The van der Waals surface area contributed by atoms with Gasteiger partial charge in [-0.05, 0) is 12.8 Å². The van der Waals surface area contributed by atoms with Crippen LogP contribution in [0.15, 0.2) is 5.38 Å². The largest absolute Gasteiger partial charge is 0.380 e. The van der Waals surface area contributed by atoms with E-state index in [1.807, 2.05) is 6.92 Å². The standard InChI is InChI=1S/C11H20N2OS/c1-9(2)7-14-5-4-12-6-11-13-10(3)8-15-11/h8-9,12H,4-7H2,1-3H3. The van der Waals surface area contributed by atoms with Crippen molar-refractivity contribution in [3.05, 3.63) is 16.1 Å². The van der Waals surface area contributed by atoms with Crippen molar-refractivity contribution in [2.75, 3.05) is 19.8 Å². The number of nitrogens with one attached hydrogen (secondary N) is 1. The molecule has 1 aromatic rings. The maximum atomic E-state index is 5.46. The van der Waals surface area contributed by atoms with Crippen molar-refractivity contribution >= 4 is 11.3 Å². The molecule has 0 saturated carbocycles. The van der Waals surface area contributed by atoms with E-state index in [0.717, 1.165) is 37.0 Å². The molecule has 0 unspecified atom stereocenters. The van der Waals surface area contributed by atoms with Gasteiger partial charge in [-0.3, -0.25) is 0 Å². The Kier molecular flexibility index (Phi) is 5.83. The lowest BCUT2D eigenvalue weighted by atomic mass is 10.2. The molecular formula is C11H20N2OS. The summed E-state index contributed by atoms with van der Waals surface area (Å²) >= 11 is 1.70. The van der Waals surface area contributed by atoms with Crippen LogP contribution in [0.3, 0.4) is 0 Å². The van der Waals surface area contributed by atoms with Crippen molar-refractivity contribution in [3.8, 4) is 0 Å². The molecule has 0 aliphatic rings. The Morgan fingerprint density at radius 1 is 1.53 bits per heavy atom. The zero-order valence-corrected chi connectivity index (χ0v) is 10.6. The molecule has 15 heavy (non-hydrogen) atoms. The lowest BCUT2D eigenvalue weighted by Crippen LogP contribution is -2.20. The summed E-state index contributed by atoms with van der Waals surface area (Å²) < 4.78 is 5.46. The van der Waals surface area contributed by atoms with E-state index in [-0.39, 0.29) is 0 Å². The Hall–Kier alpha value is -0.450. The number of rotatable bonds is 7. The van der Waals surface area contributed by atoms with Crippen LogP contribution in [0, 0.1) is 12.8 Å². The molecule has 86 valence electrons. The second kappa shape index (κ2) is 6.93. The van der Waals surface area contributed by atoms with E-state index in [2.05, 4.69) is 29.5 Å². The molecule has 3 nitrogen and oxygen atoms in total. The Morgan fingerprint density at radius 2 is 2.33 bits per heavy atom. The lowest BCUT2D eigenvalue weighted by Gasteiger charge is -2.06. The van der Waals surface area contributed by atoms with Gasteiger partial charge < -0.3 is 10.1 Å². The highest BCUT2D eigenvalue weighted by molar-refractivity contribution is 7.09. The van der Waals surface area contributed by atoms with Gasteiger partial charge >= 0.3 is 0 Å². The fourth-order valence-corrected chi connectivity index (χ4v) is 1.88. The number of thiazole rings is 1. The summed E-state index contributed by atoms with van der Waals surface area (Å²) in [6.07, 6.45) is 0. The third-order valence-corrected chi connectivity index (χ3v) is 2.78. The normalized spacial score (nSPS) is 11.2. The molecule has 4 heteroatoms. The summed E-state index contributed by atoms with van der Waals surface area (Å²) in [5.74, 6) is 0.617. The van der Waals surface area contributed by atoms with Crippen LogP contribution in [0.4, 0.5) is 0 Å². The Balaban J connectivity index is 1.98. The van der Waals surface area contributed by atoms with Crippen LogP contribution in [0.25, 0.3) is 0 Å². The van der Waals surface area contributed by atoms with Crippen molar-refractivity contribution in [1.29, 1.82) is 0 Å². The van der Waals surface area contributed by atoms with Crippen LogP contribution in [-0.2, 0) is 11.3 Å². The smallest absolute Gasteiger partial charge is 0.107 e. The lowest BCUT2D eigenvalue weighted by molar-refractivity contribution is 0.111. The van der Waals surface area contributed by atoms with Gasteiger partial charge in [0.15, 0.2) is 0 Å². The van der Waals surface area contributed by atoms with Crippen LogP contribution in [0.1, 0.15) is 24.5 Å². The highest BCUT2D eigenvalue weighted by Gasteiger charge is 1.97. The van der Waals surface area contributed by atoms with Crippen LogP contribution in [0.2, 0.25) is 0 Å². The van der Waals surface area contributed by atoms with E-state index >= 15 is 0 Å². The average Bonchev–Trinajstić information content (AvgIpc) is 2.57. The van der Waals surface area contributed by atoms with E-state index in [9.17, 15) is 0 Å². The quantitative estimate of drug-likeness (QED) is 0.727. The van der Waals surface area contributed by atoms with E-state index in [1.165, 1.54) is 0 Å². The molecule has 0 saturated heterocycles. The van der Waals surface area contributed by atoms with Gasteiger partial charge in [0.1, 0.15) is 5.01 Å². The fraction of sp³-hybridized carbons (Fsp3) is 0.727. The van der Waals surface area contributed by atoms with Crippen molar-refractivity contribution in [2.24, 2.45) is 5.92 Å². The van der Waals surface area contributed by atoms with Crippen LogP contribution in [0.5, 0.6) is 0 Å². The average molecular weight is 228 g/mol. The first-order valence-electron chi connectivity index (χ1n) is 5.38. The van der Waals surface area contributed by atoms with E-state index in [0.29, 0.717) is 5.92 Å². The third kappa shape index (κ3) is 5.87. The van der Waals surface area contributed by atoms with Gasteiger partial charge in [-0.15, -0.1) is 11.3 Å².